The molecule has 0 amide bonds. The van der Waals surface area contributed by atoms with Gasteiger partial charge in [-0.1, -0.05) is 0 Å². The summed E-state index contributed by atoms with van der Waals surface area (Å²) in [5.41, 5.74) is 5.72. The molecule has 3 nitrogen and oxygen atoms in total. The summed E-state index contributed by atoms with van der Waals surface area (Å²) in [4.78, 5) is 2.51. The van der Waals surface area contributed by atoms with Crippen molar-refractivity contribution in [2.45, 2.75) is 24.9 Å². The van der Waals surface area contributed by atoms with Gasteiger partial charge < -0.3 is 10.5 Å². The lowest BCUT2D eigenvalue weighted by molar-refractivity contribution is -0.00616. The van der Waals surface area contributed by atoms with Crippen molar-refractivity contribution in [1.82, 2.24) is 4.90 Å². The molecule has 1 aliphatic heterocycles. The van der Waals surface area contributed by atoms with E-state index in [2.05, 4.69) is 4.90 Å². The van der Waals surface area contributed by atoms with Crippen LogP contribution >= 0.6 is 0 Å². The van der Waals surface area contributed by atoms with Crippen molar-refractivity contribution in [1.29, 1.82) is 0 Å². The molecule has 0 bridgehead atoms. The fraction of sp³-hybridized carbons (Fsp3) is 1.00. The molecule has 0 atom stereocenters. The highest BCUT2D eigenvalue weighted by molar-refractivity contribution is 4.90. The zero-order chi connectivity index (χ0) is 7.68. The lowest BCUT2D eigenvalue weighted by atomic mass is 9.86. The second-order valence-corrected chi connectivity index (χ2v) is 3.53. The number of hydrogen-bond acceptors (Lipinski definition) is 3. The Labute approximate surface area is 67.5 Å². The summed E-state index contributed by atoms with van der Waals surface area (Å²) in [6, 6.07) is 1.25. The average molecular weight is 156 g/mol. The Bertz CT molecular complexity index is 128. The van der Waals surface area contributed by atoms with Crippen LogP contribution in [0.2, 0.25) is 0 Å². The van der Waals surface area contributed by atoms with Crippen molar-refractivity contribution >= 4 is 0 Å². The van der Waals surface area contributed by atoms with Crippen LogP contribution in [0.5, 0.6) is 0 Å². The first-order chi connectivity index (χ1) is 5.36. The lowest BCUT2D eigenvalue weighted by Crippen LogP contribution is -2.53. The monoisotopic (exact) mass is 156 g/mol. The standard InChI is InChI=1S/C8H16N2O/c9-7-5-8(6-7)10-1-3-11-4-2-10/h7-8H,1-6,9H2/t7-,8+. The molecule has 64 valence electrons. The number of nitrogens with zero attached hydrogens (tertiary/aromatic N) is 1. The van der Waals surface area contributed by atoms with Crippen LogP contribution in [0.25, 0.3) is 0 Å². The first kappa shape index (κ1) is 7.53. The Morgan fingerprint density at radius 1 is 1.18 bits per heavy atom. The van der Waals surface area contributed by atoms with E-state index in [1.165, 1.54) is 12.8 Å². The van der Waals surface area contributed by atoms with Crippen molar-refractivity contribution in [3.05, 3.63) is 0 Å². The van der Waals surface area contributed by atoms with E-state index in [1.54, 1.807) is 0 Å². The van der Waals surface area contributed by atoms with Crippen molar-refractivity contribution in [3.63, 3.8) is 0 Å². The number of rotatable bonds is 1. The molecule has 0 unspecified atom stereocenters. The van der Waals surface area contributed by atoms with Crippen molar-refractivity contribution < 1.29 is 4.74 Å². The minimum absolute atomic E-state index is 0.475. The highest BCUT2D eigenvalue weighted by atomic mass is 16.5. The first-order valence-electron chi connectivity index (χ1n) is 4.43. The molecule has 3 heteroatoms. The molecule has 0 aromatic rings. The van der Waals surface area contributed by atoms with Gasteiger partial charge in [0, 0.05) is 25.2 Å². The van der Waals surface area contributed by atoms with Gasteiger partial charge in [0.1, 0.15) is 0 Å². The normalized spacial score (nSPS) is 40.1. The van der Waals surface area contributed by atoms with E-state index in [0.29, 0.717) is 6.04 Å². The second kappa shape index (κ2) is 3.09. The third-order valence-electron chi connectivity index (χ3n) is 2.71. The molecule has 1 saturated heterocycles. The van der Waals surface area contributed by atoms with Gasteiger partial charge in [0.05, 0.1) is 13.2 Å². The third kappa shape index (κ3) is 1.55. The molecule has 0 aromatic carbocycles. The Morgan fingerprint density at radius 2 is 1.82 bits per heavy atom. The predicted octanol–water partition coefficient (Wildman–Crippen LogP) is -0.192. The van der Waals surface area contributed by atoms with Gasteiger partial charge in [0.15, 0.2) is 0 Å². The maximum atomic E-state index is 5.72. The zero-order valence-electron chi connectivity index (χ0n) is 6.83. The molecule has 0 radical (unpaired) electrons. The Hall–Kier alpha value is -0.120. The molecule has 0 aromatic heterocycles. The van der Waals surface area contributed by atoms with Gasteiger partial charge in [-0.3, -0.25) is 4.90 Å². The van der Waals surface area contributed by atoms with Gasteiger partial charge in [0.2, 0.25) is 0 Å². The summed E-state index contributed by atoms with van der Waals surface area (Å²) >= 11 is 0. The molecule has 2 aliphatic rings. The van der Waals surface area contributed by atoms with Crippen molar-refractivity contribution in [2.75, 3.05) is 26.3 Å². The fourth-order valence-corrected chi connectivity index (χ4v) is 1.87. The SMILES string of the molecule is N[C@H]1C[C@@H](N2CCOCC2)C1. The van der Waals surface area contributed by atoms with E-state index in [4.69, 9.17) is 10.5 Å². The molecule has 1 heterocycles. The topological polar surface area (TPSA) is 38.5 Å². The summed E-state index contributed by atoms with van der Waals surface area (Å²) in [5, 5.41) is 0. The van der Waals surface area contributed by atoms with Gasteiger partial charge in [-0.25, -0.2) is 0 Å². The molecular weight excluding hydrogens is 140 g/mol. The second-order valence-electron chi connectivity index (χ2n) is 3.53. The maximum absolute atomic E-state index is 5.72. The van der Waals surface area contributed by atoms with Gasteiger partial charge in [-0.15, -0.1) is 0 Å². The van der Waals surface area contributed by atoms with Gasteiger partial charge >= 0.3 is 0 Å². The van der Waals surface area contributed by atoms with Crippen LogP contribution in [-0.4, -0.2) is 43.3 Å². The van der Waals surface area contributed by atoms with Gasteiger partial charge in [-0.05, 0) is 12.8 Å². The first-order valence-corrected chi connectivity index (χ1v) is 4.43. The average Bonchev–Trinajstić information content (AvgIpc) is 2.01. The molecule has 11 heavy (non-hydrogen) atoms. The molecule has 2 fully saturated rings. The van der Waals surface area contributed by atoms with Crippen LogP contribution in [0.15, 0.2) is 0 Å². The van der Waals surface area contributed by atoms with Crippen LogP contribution in [0.3, 0.4) is 0 Å². The molecule has 1 saturated carbocycles. The highest BCUT2D eigenvalue weighted by Crippen LogP contribution is 2.24. The van der Waals surface area contributed by atoms with Crippen LogP contribution < -0.4 is 5.73 Å². The van der Waals surface area contributed by atoms with E-state index in [0.717, 1.165) is 32.3 Å². The highest BCUT2D eigenvalue weighted by Gasteiger charge is 2.31. The minimum Gasteiger partial charge on any atom is -0.379 e. The Kier molecular flexibility index (Phi) is 2.11. The van der Waals surface area contributed by atoms with Crippen LogP contribution in [-0.2, 0) is 4.74 Å². The van der Waals surface area contributed by atoms with Crippen molar-refractivity contribution in [3.8, 4) is 0 Å². The quantitative estimate of drug-likeness (QED) is 0.572. The summed E-state index contributed by atoms with van der Waals surface area (Å²) in [6.07, 6.45) is 2.39. The van der Waals surface area contributed by atoms with E-state index in [1.807, 2.05) is 0 Å². The smallest absolute Gasteiger partial charge is 0.0594 e. The number of nitrogens with two attached hydrogens (primary N) is 1. The van der Waals surface area contributed by atoms with E-state index in [-0.39, 0.29) is 0 Å². The van der Waals surface area contributed by atoms with E-state index >= 15 is 0 Å². The molecule has 2 rings (SSSR count). The van der Waals surface area contributed by atoms with Crippen LogP contribution in [0, 0.1) is 0 Å². The fourth-order valence-electron chi connectivity index (χ4n) is 1.87. The Morgan fingerprint density at radius 3 is 2.36 bits per heavy atom. The summed E-state index contributed by atoms with van der Waals surface area (Å²) in [6.45, 7) is 4.03. The number of morpholine rings is 1. The van der Waals surface area contributed by atoms with Gasteiger partial charge in [0.25, 0.3) is 0 Å². The summed E-state index contributed by atoms with van der Waals surface area (Å²) in [7, 11) is 0. The third-order valence-corrected chi connectivity index (χ3v) is 2.71. The van der Waals surface area contributed by atoms with Crippen LogP contribution in [0.1, 0.15) is 12.8 Å². The zero-order valence-corrected chi connectivity index (χ0v) is 6.83. The number of hydrogen-bond donors (Lipinski definition) is 1. The molecule has 2 N–H and O–H groups in total. The molecule has 0 spiro atoms. The summed E-state index contributed by atoms with van der Waals surface area (Å²) < 4.78 is 5.27. The predicted molar refractivity (Wildman–Crippen MR) is 43.4 cm³/mol. The Balaban J connectivity index is 1.76. The molecular formula is C8H16N2O. The van der Waals surface area contributed by atoms with Gasteiger partial charge in [-0.2, -0.15) is 0 Å². The number of ether oxygens (including phenoxy) is 1. The van der Waals surface area contributed by atoms with Crippen molar-refractivity contribution in [2.24, 2.45) is 5.73 Å². The molecule has 1 aliphatic carbocycles. The van der Waals surface area contributed by atoms with E-state index < -0.39 is 0 Å². The lowest BCUT2D eigenvalue weighted by Gasteiger charge is -2.42. The van der Waals surface area contributed by atoms with E-state index in [9.17, 15) is 0 Å². The van der Waals surface area contributed by atoms with Crippen LogP contribution in [0.4, 0.5) is 0 Å². The minimum atomic E-state index is 0.475. The maximum Gasteiger partial charge on any atom is 0.0594 e. The summed E-state index contributed by atoms with van der Waals surface area (Å²) in [5.74, 6) is 0. The largest absolute Gasteiger partial charge is 0.379 e.